The molecule has 1 fully saturated rings. The molecule has 4 heteroatoms. The van der Waals surface area contributed by atoms with Gasteiger partial charge in [-0.1, -0.05) is 6.92 Å². The smallest absolute Gasteiger partial charge is 0.0960 e. The zero-order valence-electron chi connectivity index (χ0n) is 8.66. The minimum Gasteiger partial charge on any atom is -0.379 e. The van der Waals surface area contributed by atoms with Gasteiger partial charge in [0, 0.05) is 0 Å². The van der Waals surface area contributed by atoms with Crippen molar-refractivity contribution in [3.05, 3.63) is 0 Å². The van der Waals surface area contributed by atoms with Crippen molar-refractivity contribution in [3.8, 4) is 6.07 Å². The third-order valence-corrected chi connectivity index (χ3v) is 3.38. The van der Waals surface area contributed by atoms with Gasteiger partial charge in [0.05, 0.1) is 30.6 Å². The van der Waals surface area contributed by atoms with E-state index >= 15 is 0 Å². The predicted molar refractivity (Wildman–Crippen MR) is 59.4 cm³/mol. The van der Waals surface area contributed by atoms with Crippen molar-refractivity contribution in [1.82, 2.24) is 5.32 Å². The molecule has 80 valence electrons. The molecule has 0 spiro atoms. The highest BCUT2D eigenvalue weighted by Gasteiger charge is 2.18. The summed E-state index contributed by atoms with van der Waals surface area (Å²) in [6.07, 6.45) is 2.03. The van der Waals surface area contributed by atoms with E-state index in [2.05, 4.69) is 18.3 Å². The van der Waals surface area contributed by atoms with E-state index < -0.39 is 0 Å². The van der Waals surface area contributed by atoms with Gasteiger partial charge in [-0.25, -0.2) is 0 Å². The standard InChI is InChI=1S/C10H18N2OS/c1-2-4-12-9(6-11)3-5-14-10-7-13-8-10/h9-10,12H,2-5,7-8H2,1H3. The van der Waals surface area contributed by atoms with Gasteiger partial charge in [-0.2, -0.15) is 17.0 Å². The Morgan fingerprint density at radius 1 is 1.64 bits per heavy atom. The van der Waals surface area contributed by atoms with Gasteiger partial charge in [0.15, 0.2) is 0 Å². The first kappa shape index (κ1) is 11.8. The summed E-state index contributed by atoms with van der Waals surface area (Å²) in [5, 5.41) is 12.7. The molecule has 1 atom stereocenters. The van der Waals surface area contributed by atoms with Crippen LogP contribution >= 0.6 is 11.8 Å². The van der Waals surface area contributed by atoms with Gasteiger partial charge in [0.2, 0.25) is 0 Å². The Bertz CT molecular complexity index is 189. The van der Waals surface area contributed by atoms with Gasteiger partial charge in [-0.3, -0.25) is 0 Å². The molecule has 14 heavy (non-hydrogen) atoms. The molecule has 0 radical (unpaired) electrons. The maximum absolute atomic E-state index is 8.84. The summed E-state index contributed by atoms with van der Waals surface area (Å²) in [5.41, 5.74) is 0. The van der Waals surface area contributed by atoms with Gasteiger partial charge < -0.3 is 10.1 Å². The lowest BCUT2D eigenvalue weighted by atomic mass is 10.2. The molecular weight excluding hydrogens is 196 g/mol. The summed E-state index contributed by atoms with van der Waals surface area (Å²) in [5.74, 6) is 1.06. The van der Waals surface area contributed by atoms with E-state index in [1.165, 1.54) is 0 Å². The fourth-order valence-corrected chi connectivity index (χ4v) is 2.28. The maximum Gasteiger partial charge on any atom is 0.0960 e. The van der Waals surface area contributed by atoms with Crippen LogP contribution in [0.25, 0.3) is 0 Å². The number of thioether (sulfide) groups is 1. The molecule has 0 amide bonds. The van der Waals surface area contributed by atoms with E-state index in [1.54, 1.807) is 0 Å². The number of rotatable bonds is 7. The number of nitrogens with one attached hydrogen (secondary N) is 1. The number of hydrogen-bond donors (Lipinski definition) is 1. The molecule has 1 heterocycles. The van der Waals surface area contributed by atoms with Crippen molar-refractivity contribution in [1.29, 1.82) is 5.26 Å². The normalized spacial score (nSPS) is 18.6. The molecule has 0 aromatic carbocycles. The van der Waals surface area contributed by atoms with Gasteiger partial charge in [-0.15, -0.1) is 0 Å². The zero-order chi connectivity index (χ0) is 10.2. The van der Waals surface area contributed by atoms with Crippen LogP contribution in [0, 0.1) is 11.3 Å². The second-order valence-electron chi connectivity index (χ2n) is 3.45. The predicted octanol–water partition coefficient (Wildman–Crippen LogP) is 1.40. The number of nitriles is 1. The molecule has 1 N–H and O–H groups in total. The molecular formula is C10H18N2OS. The Hall–Kier alpha value is -0.240. The Kier molecular flexibility index (Phi) is 6.00. The topological polar surface area (TPSA) is 45.0 Å². The van der Waals surface area contributed by atoms with Crippen LogP contribution in [0.5, 0.6) is 0 Å². The van der Waals surface area contributed by atoms with Gasteiger partial charge in [0.1, 0.15) is 0 Å². The highest BCUT2D eigenvalue weighted by atomic mass is 32.2. The molecule has 1 rings (SSSR count). The van der Waals surface area contributed by atoms with Crippen LogP contribution in [0.4, 0.5) is 0 Å². The summed E-state index contributed by atoms with van der Waals surface area (Å²) in [6.45, 7) is 4.84. The molecule has 0 aromatic rings. The average Bonchev–Trinajstić information content (AvgIpc) is 2.14. The van der Waals surface area contributed by atoms with E-state index in [4.69, 9.17) is 10.00 Å². The van der Waals surface area contributed by atoms with Crippen LogP contribution in [-0.4, -0.2) is 36.8 Å². The lowest BCUT2D eigenvalue weighted by Crippen LogP contribution is -2.32. The van der Waals surface area contributed by atoms with E-state index in [0.29, 0.717) is 5.25 Å². The fraction of sp³-hybridized carbons (Fsp3) is 0.900. The lowest BCUT2D eigenvalue weighted by molar-refractivity contribution is 0.0455. The van der Waals surface area contributed by atoms with Crippen molar-refractivity contribution in [2.75, 3.05) is 25.5 Å². The largest absolute Gasteiger partial charge is 0.379 e. The van der Waals surface area contributed by atoms with Crippen molar-refractivity contribution in [3.63, 3.8) is 0 Å². The van der Waals surface area contributed by atoms with Crippen molar-refractivity contribution < 1.29 is 4.74 Å². The van der Waals surface area contributed by atoms with E-state index in [0.717, 1.165) is 38.4 Å². The highest BCUT2D eigenvalue weighted by molar-refractivity contribution is 8.00. The van der Waals surface area contributed by atoms with Crippen molar-refractivity contribution in [2.45, 2.75) is 31.1 Å². The van der Waals surface area contributed by atoms with Crippen LogP contribution in [0.1, 0.15) is 19.8 Å². The second-order valence-corrected chi connectivity index (χ2v) is 4.86. The van der Waals surface area contributed by atoms with Gasteiger partial charge >= 0.3 is 0 Å². The molecule has 0 aliphatic carbocycles. The quantitative estimate of drug-likeness (QED) is 0.696. The Balaban J connectivity index is 1.99. The summed E-state index contributed by atoms with van der Waals surface area (Å²) in [4.78, 5) is 0. The molecule has 1 aliphatic heterocycles. The molecule has 0 aromatic heterocycles. The summed E-state index contributed by atoms with van der Waals surface area (Å²) >= 11 is 1.92. The van der Waals surface area contributed by atoms with Crippen LogP contribution in [0.15, 0.2) is 0 Å². The van der Waals surface area contributed by atoms with E-state index in [1.807, 2.05) is 11.8 Å². The Labute approximate surface area is 90.2 Å². The molecule has 0 bridgehead atoms. The Morgan fingerprint density at radius 3 is 2.93 bits per heavy atom. The zero-order valence-corrected chi connectivity index (χ0v) is 9.48. The molecule has 1 saturated heterocycles. The first-order valence-corrected chi connectivity index (χ1v) is 6.24. The van der Waals surface area contributed by atoms with Gasteiger partial charge in [0.25, 0.3) is 0 Å². The minimum absolute atomic E-state index is 0.0310. The first-order chi connectivity index (χ1) is 6.86. The summed E-state index contributed by atoms with van der Waals surface area (Å²) < 4.78 is 5.08. The van der Waals surface area contributed by atoms with Crippen LogP contribution < -0.4 is 5.32 Å². The first-order valence-electron chi connectivity index (χ1n) is 5.19. The third kappa shape index (κ3) is 4.32. The highest BCUT2D eigenvalue weighted by Crippen LogP contribution is 2.19. The van der Waals surface area contributed by atoms with E-state index in [9.17, 15) is 0 Å². The molecule has 0 saturated carbocycles. The Morgan fingerprint density at radius 2 is 2.43 bits per heavy atom. The summed E-state index contributed by atoms with van der Waals surface area (Å²) in [6, 6.07) is 2.32. The fourth-order valence-electron chi connectivity index (χ4n) is 1.19. The average molecular weight is 214 g/mol. The number of nitrogens with zero attached hydrogens (tertiary/aromatic N) is 1. The van der Waals surface area contributed by atoms with Crippen molar-refractivity contribution >= 4 is 11.8 Å². The van der Waals surface area contributed by atoms with Crippen molar-refractivity contribution in [2.24, 2.45) is 0 Å². The third-order valence-electron chi connectivity index (χ3n) is 2.16. The molecule has 1 unspecified atom stereocenters. The minimum atomic E-state index is 0.0310. The van der Waals surface area contributed by atoms with Crippen LogP contribution in [0.2, 0.25) is 0 Å². The second kappa shape index (κ2) is 7.10. The number of hydrogen-bond acceptors (Lipinski definition) is 4. The monoisotopic (exact) mass is 214 g/mol. The van der Waals surface area contributed by atoms with Gasteiger partial charge in [-0.05, 0) is 25.1 Å². The number of ether oxygens (including phenoxy) is 1. The SMILES string of the molecule is CCCNC(C#N)CCSC1COC1. The van der Waals surface area contributed by atoms with Crippen LogP contribution in [-0.2, 0) is 4.74 Å². The molecule has 3 nitrogen and oxygen atoms in total. The lowest BCUT2D eigenvalue weighted by Gasteiger charge is -2.25. The maximum atomic E-state index is 8.84. The summed E-state index contributed by atoms with van der Waals surface area (Å²) in [7, 11) is 0. The van der Waals surface area contributed by atoms with E-state index in [-0.39, 0.29) is 6.04 Å². The molecule has 1 aliphatic rings. The van der Waals surface area contributed by atoms with Crippen LogP contribution in [0.3, 0.4) is 0 Å².